The van der Waals surface area contributed by atoms with Gasteiger partial charge in [-0.2, -0.15) is 0 Å². The maximum Gasteiger partial charge on any atom is 0.108 e. The van der Waals surface area contributed by atoms with Crippen LogP contribution in [0.2, 0.25) is 0 Å². The third-order valence-corrected chi connectivity index (χ3v) is 2.23. The molecule has 13 heavy (non-hydrogen) atoms. The molecular weight excluding hydrogens is 162 g/mol. The summed E-state index contributed by atoms with van der Waals surface area (Å²) < 4.78 is 0. The Morgan fingerprint density at radius 2 is 1.62 bits per heavy atom. The Morgan fingerprint density at radius 1 is 1.08 bits per heavy atom. The van der Waals surface area contributed by atoms with E-state index < -0.39 is 0 Å². The summed E-state index contributed by atoms with van der Waals surface area (Å²) in [4.78, 5) is 0. The second-order valence-corrected chi connectivity index (χ2v) is 3.53. The standard InChI is InChI=1S/C11H23NO/c1-2-3-4-5-6-7-8-9-11(13)10-12/h10,13H,2-9,12H2,1H3. The van der Waals surface area contributed by atoms with Gasteiger partial charge in [-0.3, -0.25) is 0 Å². The number of nitrogens with two attached hydrogens (primary N) is 1. The van der Waals surface area contributed by atoms with Crippen molar-refractivity contribution in [1.82, 2.24) is 0 Å². The van der Waals surface area contributed by atoms with Gasteiger partial charge in [-0.05, 0) is 6.42 Å². The highest BCUT2D eigenvalue weighted by Gasteiger charge is 1.93. The van der Waals surface area contributed by atoms with E-state index in [0.717, 1.165) is 12.8 Å². The summed E-state index contributed by atoms with van der Waals surface area (Å²) in [5.74, 6) is 0.327. The fraction of sp³-hybridized carbons (Fsp3) is 0.818. The summed E-state index contributed by atoms with van der Waals surface area (Å²) in [6.45, 7) is 2.23. The molecule has 0 saturated carbocycles. The van der Waals surface area contributed by atoms with E-state index in [1.54, 1.807) is 0 Å². The number of aliphatic hydroxyl groups is 1. The second-order valence-electron chi connectivity index (χ2n) is 3.53. The van der Waals surface area contributed by atoms with Gasteiger partial charge in [0, 0.05) is 12.6 Å². The summed E-state index contributed by atoms with van der Waals surface area (Å²) >= 11 is 0. The minimum absolute atomic E-state index is 0.327. The van der Waals surface area contributed by atoms with Crippen LogP contribution in [0.15, 0.2) is 12.0 Å². The van der Waals surface area contributed by atoms with Crippen molar-refractivity contribution in [3.63, 3.8) is 0 Å². The molecule has 0 aliphatic heterocycles. The molecular formula is C11H23NO. The van der Waals surface area contributed by atoms with Crippen LogP contribution in [0.5, 0.6) is 0 Å². The number of allylic oxidation sites excluding steroid dienone is 1. The number of rotatable bonds is 8. The van der Waals surface area contributed by atoms with E-state index in [2.05, 4.69) is 6.92 Å². The first-order valence-corrected chi connectivity index (χ1v) is 5.41. The minimum atomic E-state index is 0.327. The molecule has 0 radical (unpaired) electrons. The second kappa shape index (κ2) is 9.43. The van der Waals surface area contributed by atoms with Crippen LogP contribution in [0.3, 0.4) is 0 Å². The number of hydrogen-bond donors (Lipinski definition) is 2. The molecule has 0 fully saturated rings. The van der Waals surface area contributed by atoms with Crippen LogP contribution in [-0.4, -0.2) is 5.11 Å². The molecule has 2 heteroatoms. The Morgan fingerprint density at radius 3 is 2.15 bits per heavy atom. The summed E-state index contributed by atoms with van der Waals surface area (Å²) in [5, 5.41) is 9.03. The molecule has 78 valence electrons. The van der Waals surface area contributed by atoms with E-state index in [0.29, 0.717) is 5.76 Å². The molecule has 0 spiro atoms. The van der Waals surface area contributed by atoms with Crippen molar-refractivity contribution in [2.24, 2.45) is 5.73 Å². The van der Waals surface area contributed by atoms with Gasteiger partial charge in [-0.1, -0.05) is 45.4 Å². The van der Waals surface area contributed by atoms with E-state index in [-0.39, 0.29) is 0 Å². The van der Waals surface area contributed by atoms with Gasteiger partial charge in [0.1, 0.15) is 5.76 Å². The first-order chi connectivity index (χ1) is 6.31. The zero-order valence-corrected chi connectivity index (χ0v) is 8.76. The van der Waals surface area contributed by atoms with Gasteiger partial charge in [0.25, 0.3) is 0 Å². The highest BCUT2D eigenvalue weighted by molar-refractivity contribution is 4.85. The predicted octanol–water partition coefficient (Wildman–Crippen LogP) is 3.49. The molecule has 3 N–H and O–H groups in total. The average molecular weight is 185 g/mol. The van der Waals surface area contributed by atoms with Crippen molar-refractivity contribution in [3.05, 3.63) is 12.0 Å². The number of unbranched alkanes of at least 4 members (excludes halogenated alkanes) is 6. The lowest BCUT2D eigenvalue weighted by atomic mass is 10.1. The Kier molecular flexibility index (Phi) is 8.95. The summed E-state index contributed by atoms with van der Waals surface area (Å²) in [7, 11) is 0. The lowest BCUT2D eigenvalue weighted by molar-refractivity contribution is 0.378. The van der Waals surface area contributed by atoms with Gasteiger partial charge >= 0.3 is 0 Å². The van der Waals surface area contributed by atoms with Crippen molar-refractivity contribution >= 4 is 0 Å². The molecule has 0 rings (SSSR count). The third-order valence-electron chi connectivity index (χ3n) is 2.23. The average Bonchev–Trinajstić information content (AvgIpc) is 2.16. The fourth-order valence-electron chi connectivity index (χ4n) is 1.35. The molecule has 0 aromatic carbocycles. The summed E-state index contributed by atoms with van der Waals surface area (Å²) in [6.07, 6.45) is 10.9. The largest absolute Gasteiger partial charge is 0.511 e. The molecule has 0 bridgehead atoms. The first kappa shape index (κ1) is 12.3. The molecule has 0 aromatic heterocycles. The van der Waals surface area contributed by atoms with Gasteiger partial charge in [0.15, 0.2) is 0 Å². The Balaban J connectivity index is 3.00. The lowest BCUT2D eigenvalue weighted by Crippen LogP contribution is -1.88. The van der Waals surface area contributed by atoms with Crippen LogP contribution in [-0.2, 0) is 0 Å². The Bertz CT molecular complexity index is 132. The van der Waals surface area contributed by atoms with E-state index in [4.69, 9.17) is 10.8 Å². The molecule has 0 heterocycles. The highest BCUT2D eigenvalue weighted by atomic mass is 16.3. The smallest absolute Gasteiger partial charge is 0.108 e. The third kappa shape index (κ3) is 9.25. The van der Waals surface area contributed by atoms with Gasteiger partial charge < -0.3 is 10.8 Å². The zero-order chi connectivity index (χ0) is 9.94. The van der Waals surface area contributed by atoms with Crippen molar-refractivity contribution < 1.29 is 5.11 Å². The molecule has 2 nitrogen and oxygen atoms in total. The quantitative estimate of drug-likeness (QED) is 0.449. The van der Waals surface area contributed by atoms with Crippen LogP contribution in [0, 0.1) is 0 Å². The maximum absolute atomic E-state index is 9.03. The van der Waals surface area contributed by atoms with Gasteiger partial charge in [-0.25, -0.2) is 0 Å². The molecule has 0 saturated heterocycles. The Labute approximate surface area is 81.8 Å². The molecule has 0 amide bonds. The molecule has 0 aliphatic carbocycles. The van der Waals surface area contributed by atoms with Crippen molar-refractivity contribution in [3.8, 4) is 0 Å². The molecule has 0 unspecified atom stereocenters. The predicted molar refractivity (Wildman–Crippen MR) is 57.5 cm³/mol. The molecule has 0 aromatic rings. The topological polar surface area (TPSA) is 46.2 Å². The molecule has 0 aliphatic rings. The SMILES string of the molecule is CCCCCCCCCC(O)=CN. The van der Waals surface area contributed by atoms with Gasteiger partial charge in [0.05, 0.1) is 0 Å². The lowest BCUT2D eigenvalue weighted by Gasteiger charge is -2.00. The monoisotopic (exact) mass is 185 g/mol. The van der Waals surface area contributed by atoms with Crippen LogP contribution < -0.4 is 5.73 Å². The highest BCUT2D eigenvalue weighted by Crippen LogP contribution is 2.10. The van der Waals surface area contributed by atoms with Crippen LogP contribution in [0.4, 0.5) is 0 Å². The maximum atomic E-state index is 9.03. The van der Waals surface area contributed by atoms with Crippen molar-refractivity contribution in [1.29, 1.82) is 0 Å². The fourth-order valence-corrected chi connectivity index (χ4v) is 1.35. The van der Waals surface area contributed by atoms with Crippen molar-refractivity contribution in [2.75, 3.05) is 0 Å². The van der Waals surface area contributed by atoms with Crippen LogP contribution >= 0.6 is 0 Å². The van der Waals surface area contributed by atoms with E-state index in [9.17, 15) is 0 Å². The Hall–Kier alpha value is -0.660. The number of hydrogen-bond acceptors (Lipinski definition) is 2. The minimum Gasteiger partial charge on any atom is -0.511 e. The van der Waals surface area contributed by atoms with Crippen LogP contribution in [0.1, 0.15) is 58.3 Å². The zero-order valence-electron chi connectivity index (χ0n) is 8.76. The summed E-state index contributed by atoms with van der Waals surface area (Å²) in [5.41, 5.74) is 5.14. The molecule has 0 atom stereocenters. The van der Waals surface area contributed by atoms with Gasteiger partial charge in [-0.15, -0.1) is 0 Å². The normalized spacial score (nSPS) is 11.9. The van der Waals surface area contributed by atoms with Crippen molar-refractivity contribution in [2.45, 2.75) is 58.3 Å². The van der Waals surface area contributed by atoms with Gasteiger partial charge in [0.2, 0.25) is 0 Å². The summed E-state index contributed by atoms with van der Waals surface area (Å²) in [6, 6.07) is 0. The van der Waals surface area contributed by atoms with E-state index in [1.807, 2.05) is 0 Å². The number of aliphatic hydroxyl groups excluding tert-OH is 1. The first-order valence-electron chi connectivity index (χ1n) is 5.41. The van der Waals surface area contributed by atoms with Crippen LogP contribution in [0.25, 0.3) is 0 Å². The van der Waals surface area contributed by atoms with E-state index >= 15 is 0 Å². The van der Waals surface area contributed by atoms with E-state index in [1.165, 1.54) is 44.7 Å².